The van der Waals surface area contributed by atoms with Crippen LogP contribution in [0.3, 0.4) is 0 Å². The van der Waals surface area contributed by atoms with Gasteiger partial charge in [-0.25, -0.2) is 4.39 Å². The number of hydrogen-bond donors (Lipinski definition) is 0. The second-order valence-corrected chi connectivity index (χ2v) is 11.1. The zero-order valence-corrected chi connectivity index (χ0v) is 21.8. The Morgan fingerprint density at radius 3 is 2.73 bits per heavy atom. The Labute approximate surface area is 219 Å². The molecule has 0 saturated carbocycles. The summed E-state index contributed by atoms with van der Waals surface area (Å²) in [7, 11) is 0. The molecule has 1 atom stereocenters. The summed E-state index contributed by atoms with van der Waals surface area (Å²) >= 11 is 1.66. The molecule has 3 aromatic rings. The van der Waals surface area contributed by atoms with Crippen LogP contribution in [0, 0.1) is 5.82 Å². The van der Waals surface area contributed by atoms with E-state index in [1.807, 2.05) is 32.2 Å². The lowest BCUT2D eigenvalue weighted by Gasteiger charge is -2.40. The lowest BCUT2D eigenvalue weighted by atomic mass is 9.99. The van der Waals surface area contributed by atoms with Crippen molar-refractivity contribution in [2.24, 2.45) is 0 Å². The van der Waals surface area contributed by atoms with E-state index >= 15 is 0 Å². The van der Waals surface area contributed by atoms with Crippen LogP contribution in [0.25, 0.3) is 0 Å². The van der Waals surface area contributed by atoms with Crippen molar-refractivity contribution in [3.8, 4) is 17.2 Å². The number of hydrogen-bond acceptors (Lipinski definition) is 6. The first-order valence-electron chi connectivity index (χ1n) is 12.2. The Kier molecular flexibility index (Phi) is 6.81. The van der Waals surface area contributed by atoms with Crippen LogP contribution in [0.15, 0.2) is 53.9 Å². The summed E-state index contributed by atoms with van der Waals surface area (Å²) in [5.41, 5.74) is 0.849. The number of nitrogens with zero attached hydrogens (tertiary/aromatic N) is 2. The van der Waals surface area contributed by atoms with Gasteiger partial charge in [-0.15, -0.1) is 11.3 Å². The fourth-order valence-corrected chi connectivity index (χ4v) is 5.56. The lowest BCUT2D eigenvalue weighted by molar-refractivity contribution is -0.136. The fourth-order valence-electron chi connectivity index (χ4n) is 4.63. The summed E-state index contributed by atoms with van der Waals surface area (Å²) in [6.45, 7) is 6.44. The number of rotatable bonds is 6. The monoisotopic (exact) mass is 524 g/mol. The van der Waals surface area contributed by atoms with Crippen LogP contribution in [0.2, 0.25) is 0 Å². The summed E-state index contributed by atoms with van der Waals surface area (Å²) in [5, 5.41) is 2.01. The van der Waals surface area contributed by atoms with Crippen LogP contribution >= 0.6 is 11.3 Å². The highest BCUT2D eigenvalue weighted by Crippen LogP contribution is 2.35. The van der Waals surface area contributed by atoms with Gasteiger partial charge in [0.05, 0.1) is 6.04 Å². The Morgan fingerprint density at radius 2 is 1.95 bits per heavy atom. The molecule has 0 saturated heterocycles. The highest BCUT2D eigenvalue weighted by atomic mass is 32.1. The summed E-state index contributed by atoms with van der Waals surface area (Å²) < 4.78 is 30.4. The maximum atomic E-state index is 13.8. The molecule has 2 aliphatic heterocycles. The second-order valence-electron chi connectivity index (χ2n) is 10.1. The topological polar surface area (TPSA) is 68.3 Å². The molecule has 0 N–H and O–H groups in total. The van der Waals surface area contributed by atoms with Gasteiger partial charge in [-0.2, -0.15) is 0 Å². The lowest BCUT2D eigenvalue weighted by Crippen LogP contribution is -2.53. The Balaban J connectivity index is 1.37. The molecule has 0 radical (unpaired) electrons. The zero-order chi connectivity index (χ0) is 26.2. The maximum Gasteiger partial charge on any atom is 0.254 e. The zero-order valence-electron chi connectivity index (χ0n) is 21.0. The number of fused-ring (bicyclic) bond motifs is 2. The highest BCUT2D eigenvalue weighted by Gasteiger charge is 2.36. The smallest absolute Gasteiger partial charge is 0.254 e. The molecule has 37 heavy (non-hydrogen) atoms. The summed E-state index contributed by atoms with van der Waals surface area (Å²) in [6, 6.07) is 12.7. The van der Waals surface area contributed by atoms with Gasteiger partial charge in [-0.05, 0) is 74.5 Å². The molecule has 0 fully saturated rings. The second kappa shape index (κ2) is 10.0. The minimum Gasteiger partial charge on any atom is -0.491 e. The molecular formula is C28H29FN2O5S. The van der Waals surface area contributed by atoms with E-state index in [0.29, 0.717) is 29.4 Å². The SMILES string of the molecule is CC(C)(C)N(CC(=O)N1CCc2sccc2[C@H]1COc1cccc(F)c1)C(=O)c1ccc2c(c1)OCO2. The average Bonchev–Trinajstić information content (AvgIpc) is 3.53. The average molecular weight is 525 g/mol. The number of halogens is 1. The minimum absolute atomic E-state index is 0.0906. The van der Waals surface area contributed by atoms with Crippen molar-refractivity contribution in [1.29, 1.82) is 0 Å². The quantitative estimate of drug-likeness (QED) is 0.451. The number of ether oxygens (including phenoxy) is 3. The molecule has 1 aromatic heterocycles. The van der Waals surface area contributed by atoms with Crippen molar-refractivity contribution in [2.45, 2.75) is 38.8 Å². The first-order chi connectivity index (χ1) is 17.7. The van der Waals surface area contributed by atoms with Gasteiger partial charge in [0.2, 0.25) is 12.7 Å². The van der Waals surface area contributed by atoms with Gasteiger partial charge in [-0.3, -0.25) is 9.59 Å². The van der Waals surface area contributed by atoms with Crippen LogP contribution in [0.5, 0.6) is 17.2 Å². The standard InChI is InChI=1S/C28H29FN2O5S/c1-28(2,3)31(27(33)18-7-8-23-24(13-18)36-17-35-23)15-26(32)30-11-9-25-21(10-12-37-25)22(30)16-34-20-6-4-5-19(29)14-20/h4-8,10,12-14,22H,9,11,15-17H2,1-3H3/t22-/m1/s1. The highest BCUT2D eigenvalue weighted by molar-refractivity contribution is 7.10. The van der Waals surface area contributed by atoms with Crippen molar-refractivity contribution in [1.82, 2.24) is 9.80 Å². The molecule has 9 heteroatoms. The van der Waals surface area contributed by atoms with Crippen LogP contribution in [0.1, 0.15) is 47.6 Å². The molecular weight excluding hydrogens is 495 g/mol. The van der Waals surface area contributed by atoms with Crippen molar-refractivity contribution in [3.63, 3.8) is 0 Å². The molecule has 7 nitrogen and oxygen atoms in total. The first-order valence-corrected chi connectivity index (χ1v) is 13.0. The molecule has 2 amide bonds. The van der Waals surface area contributed by atoms with Gasteiger partial charge in [0.1, 0.15) is 24.7 Å². The predicted octanol–water partition coefficient (Wildman–Crippen LogP) is 5.06. The summed E-state index contributed by atoms with van der Waals surface area (Å²) in [6.07, 6.45) is 0.737. The van der Waals surface area contributed by atoms with E-state index in [4.69, 9.17) is 14.2 Å². The third kappa shape index (κ3) is 5.27. The normalized spacial score (nSPS) is 16.3. The molecule has 0 bridgehead atoms. The number of benzene rings is 2. The molecule has 194 valence electrons. The number of carbonyl (C=O) groups is 2. The molecule has 0 spiro atoms. The van der Waals surface area contributed by atoms with Gasteiger partial charge < -0.3 is 24.0 Å². The number of carbonyl (C=O) groups excluding carboxylic acids is 2. The van der Waals surface area contributed by atoms with E-state index in [2.05, 4.69) is 0 Å². The Hall–Kier alpha value is -3.59. The largest absolute Gasteiger partial charge is 0.491 e. The maximum absolute atomic E-state index is 13.8. The number of amides is 2. The van der Waals surface area contributed by atoms with Crippen molar-refractivity contribution >= 4 is 23.2 Å². The number of thiophene rings is 1. The van der Waals surface area contributed by atoms with E-state index < -0.39 is 5.54 Å². The summed E-state index contributed by atoms with van der Waals surface area (Å²) in [5.74, 6) is 0.698. The Bertz CT molecular complexity index is 1320. The molecule has 3 heterocycles. The summed E-state index contributed by atoms with van der Waals surface area (Å²) in [4.78, 5) is 31.9. The van der Waals surface area contributed by atoms with Gasteiger partial charge >= 0.3 is 0 Å². The van der Waals surface area contributed by atoms with Crippen LogP contribution < -0.4 is 14.2 Å². The van der Waals surface area contributed by atoms with Gasteiger partial charge in [-0.1, -0.05) is 6.07 Å². The van der Waals surface area contributed by atoms with Gasteiger partial charge in [0, 0.05) is 28.6 Å². The van der Waals surface area contributed by atoms with Gasteiger partial charge in [0.25, 0.3) is 5.91 Å². The molecule has 5 rings (SSSR count). The van der Waals surface area contributed by atoms with E-state index in [1.165, 1.54) is 17.0 Å². The third-order valence-corrected chi connectivity index (χ3v) is 7.58. The fraction of sp³-hybridized carbons (Fsp3) is 0.357. The third-order valence-electron chi connectivity index (χ3n) is 6.59. The van der Waals surface area contributed by atoms with E-state index in [1.54, 1.807) is 51.5 Å². The Morgan fingerprint density at radius 1 is 1.14 bits per heavy atom. The molecule has 2 aliphatic rings. The van der Waals surface area contributed by atoms with E-state index in [0.717, 1.165) is 12.0 Å². The molecule has 2 aromatic carbocycles. The van der Waals surface area contributed by atoms with Crippen molar-refractivity contribution in [3.05, 3.63) is 75.7 Å². The van der Waals surface area contributed by atoms with E-state index in [-0.39, 0.29) is 43.6 Å². The molecule has 0 aliphatic carbocycles. The van der Waals surface area contributed by atoms with Crippen LogP contribution in [-0.4, -0.2) is 53.6 Å². The van der Waals surface area contributed by atoms with E-state index in [9.17, 15) is 14.0 Å². The minimum atomic E-state index is -0.611. The van der Waals surface area contributed by atoms with Gasteiger partial charge in [0.15, 0.2) is 11.5 Å². The van der Waals surface area contributed by atoms with Crippen molar-refractivity contribution in [2.75, 3.05) is 26.5 Å². The van der Waals surface area contributed by atoms with Crippen LogP contribution in [0.4, 0.5) is 4.39 Å². The molecule has 0 unspecified atom stereocenters. The first kappa shape index (κ1) is 25.1. The van der Waals surface area contributed by atoms with Crippen molar-refractivity contribution < 1.29 is 28.2 Å². The predicted molar refractivity (Wildman–Crippen MR) is 138 cm³/mol. The van der Waals surface area contributed by atoms with Crippen LogP contribution in [-0.2, 0) is 11.2 Å².